The summed E-state index contributed by atoms with van der Waals surface area (Å²) in [7, 11) is 0. The van der Waals surface area contributed by atoms with E-state index in [1.165, 1.54) is 6.08 Å². The van der Waals surface area contributed by atoms with Crippen molar-refractivity contribution >= 4 is 23.6 Å². The van der Waals surface area contributed by atoms with Crippen molar-refractivity contribution in [2.45, 2.75) is 19.4 Å². The minimum atomic E-state index is -0.998. The molecule has 0 aliphatic heterocycles. The van der Waals surface area contributed by atoms with Gasteiger partial charge in [0.25, 0.3) is 0 Å². The summed E-state index contributed by atoms with van der Waals surface area (Å²) >= 11 is 1.55. The predicted molar refractivity (Wildman–Crippen MR) is 66.5 cm³/mol. The number of hydrogen-bond acceptors (Lipinski definition) is 3. The number of aliphatic carboxylic acids is 1. The molecule has 0 radical (unpaired) electrons. The van der Waals surface area contributed by atoms with Gasteiger partial charge in [-0.25, -0.2) is 4.79 Å². The highest BCUT2D eigenvalue weighted by atomic mass is 32.2. The topological polar surface area (TPSA) is 66.4 Å². The lowest BCUT2D eigenvalue weighted by atomic mass is 10.2. The Balaban J connectivity index is 4.17. The fraction of sp³-hybridized carbons (Fsp3) is 0.455. The molecule has 1 atom stereocenters. The van der Waals surface area contributed by atoms with E-state index in [0.29, 0.717) is 12.2 Å². The fourth-order valence-corrected chi connectivity index (χ4v) is 1.44. The molecule has 0 saturated heterocycles. The number of hydrogen-bond donors (Lipinski definition) is 2. The number of carbonyl (C=O) groups excluding carboxylic acids is 1. The second-order valence-corrected chi connectivity index (χ2v) is 4.05. The number of rotatable bonds is 7. The number of carboxylic acid groups (broad SMARTS) is 1. The van der Waals surface area contributed by atoms with Crippen molar-refractivity contribution in [3.63, 3.8) is 0 Å². The first kappa shape index (κ1) is 14.8. The molecule has 0 aromatic heterocycles. The summed E-state index contributed by atoms with van der Waals surface area (Å²) < 4.78 is 0. The smallest absolute Gasteiger partial charge is 0.326 e. The van der Waals surface area contributed by atoms with Crippen LogP contribution < -0.4 is 5.32 Å². The first-order valence-corrected chi connectivity index (χ1v) is 6.32. The van der Waals surface area contributed by atoms with Crippen molar-refractivity contribution in [2.24, 2.45) is 0 Å². The van der Waals surface area contributed by atoms with Gasteiger partial charge in [0, 0.05) is 6.08 Å². The molecule has 0 aromatic rings. The molecule has 0 aliphatic carbocycles. The van der Waals surface area contributed by atoms with Crippen molar-refractivity contribution in [2.75, 3.05) is 12.0 Å². The average Bonchev–Trinajstić information content (AvgIpc) is 2.24. The summed E-state index contributed by atoms with van der Waals surface area (Å²) in [4.78, 5) is 22.1. The first-order chi connectivity index (χ1) is 7.61. The maximum absolute atomic E-state index is 11.3. The Morgan fingerprint density at radius 2 is 2.12 bits per heavy atom. The van der Waals surface area contributed by atoms with Gasteiger partial charge in [-0.15, -0.1) is 0 Å². The van der Waals surface area contributed by atoms with Gasteiger partial charge in [0.15, 0.2) is 0 Å². The Morgan fingerprint density at radius 3 is 2.62 bits per heavy atom. The van der Waals surface area contributed by atoms with Crippen LogP contribution in [0.3, 0.4) is 0 Å². The maximum atomic E-state index is 11.3. The minimum absolute atomic E-state index is 0.383. The largest absolute Gasteiger partial charge is 0.480 e. The molecule has 0 saturated carbocycles. The molecule has 0 fully saturated rings. The zero-order chi connectivity index (χ0) is 12.4. The molecule has 4 nitrogen and oxygen atoms in total. The molecule has 2 N–H and O–H groups in total. The van der Waals surface area contributed by atoms with E-state index in [9.17, 15) is 9.59 Å². The van der Waals surface area contributed by atoms with Crippen LogP contribution in [0.25, 0.3) is 0 Å². The Hall–Kier alpha value is -1.23. The van der Waals surface area contributed by atoms with E-state index >= 15 is 0 Å². The van der Waals surface area contributed by atoms with E-state index in [1.54, 1.807) is 30.0 Å². The van der Waals surface area contributed by atoms with Gasteiger partial charge in [0.05, 0.1) is 0 Å². The van der Waals surface area contributed by atoms with Gasteiger partial charge in [0.1, 0.15) is 6.04 Å². The van der Waals surface area contributed by atoms with Gasteiger partial charge in [-0.1, -0.05) is 18.2 Å². The van der Waals surface area contributed by atoms with Crippen molar-refractivity contribution in [3.8, 4) is 0 Å². The van der Waals surface area contributed by atoms with Crippen LogP contribution in [0, 0.1) is 0 Å². The molecule has 5 heteroatoms. The second-order valence-electron chi connectivity index (χ2n) is 3.07. The van der Waals surface area contributed by atoms with Crippen molar-refractivity contribution in [3.05, 3.63) is 24.3 Å². The summed E-state index contributed by atoms with van der Waals surface area (Å²) in [6.07, 6.45) is 8.70. The second kappa shape index (κ2) is 9.03. The zero-order valence-corrected chi connectivity index (χ0v) is 10.3. The molecule has 0 spiro atoms. The van der Waals surface area contributed by atoms with Crippen LogP contribution >= 0.6 is 11.8 Å². The maximum Gasteiger partial charge on any atom is 0.326 e. The van der Waals surface area contributed by atoms with Gasteiger partial charge in [-0.05, 0) is 25.4 Å². The first-order valence-electron chi connectivity index (χ1n) is 4.93. The Kier molecular flexibility index (Phi) is 8.34. The molecule has 1 amide bonds. The molecule has 0 aromatic carbocycles. The molecule has 90 valence electrons. The lowest BCUT2D eigenvalue weighted by Gasteiger charge is -2.11. The highest BCUT2D eigenvalue weighted by Crippen LogP contribution is 2.01. The quantitative estimate of drug-likeness (QED) is 0.524. The summed E-state index contributed by atoms with van der Waals surface area (Å²) in [6, 6.07) is -0.810. The zero-order valence-electron chi connectivity index (χ0n) is 9.47. The van der Waals surface area contributed by atoms with Crippen LogP contribution in [-0.2, 0) is 9.59 Å². The molecular formula is C11H17NO3S. The molecule has 1 unspecified atom stereocenters. The molecule has 0 bridgehead atoms. The van der Waals surface area contributed by atoms with E-state index < -0.39 is 12.0 Å². The van der Waals surface area contributed by atoms with E-state index in [4.69, 9.17) is 5.11 Å². The van der Waals surface area contributed by atoms with Crippen LogP contribution in [0.4, 0.5) is 0 Å². The van der Waals surface area contributed by atoms with E-state index in [2.05, 4.69) is 5.32 Å². The predicted octanol–water partition coefficient (Wildman–Crippen LogP) is 1.44. The Labute approximate surface area is 99.8 Å². The highest BCUT2D eigenvalue weighted by molar-refractivity contribution is 7.98. The van der Waals surface area contributed by atoms with Crippen molar-refractivity contribution in [1.29, 1.82) is 0 Å². The standard InChI is InChI=1S/C11H17NO3S/c1-3-4-5-6-10(13)12-9(11(14)15)7-8-16-2/h3-6,9H,7-8H2,1-2H3,(H,12,13)(H,14,15)/b4-3+,6-5+. The highest BCUT2D eigenvalue weighted by Gasteiger charge is 2.17. The van der Waals surface area contributed by atoms with Crippen LogP contribution in [0.5, 0.6) is 0 Å². The summed E-state index contributed by atoms with van der Waals surface area (Å²) in [5.41, 5.74) is 0. The van der Waals surface area contributed by atoms with Gasteiger partial charge in [-0.2, -0.15) is 11.8 Å². The van der Waals surface area contributed by atoms with E-state index in [1.807, 2.05) is 13.2 Å². The lowest BCUT2D eigenvalue weighted by molar-refractivity contribution is -0.141. The van der Waals surface area contributed by atoms with Crippen LogP contribution in [0.1, 0.15) is 13.3 Å². The Morgan fingerprint density at radius 1 is 1.44 bits per heavy atom. The monoisotopic (exact) mass is 243 g/mol. The molecular weight excluding hydrogens is 226 g/mol. The molecule has 0 heterocycles. The Bertz CT molecular complexity index is 287. The summed E-state index contributed by atoms with van der Waals surface area (Å²) in [6.45, 7) is 1.83. The van der Waals surface area contributed by atoms with Crippen LogP contribution in [0.15, 0.2) is 24.3 Å². The SMILES string of the molecule is C/C=C/C=C/C(=O)NC(CCSC)C(=O)O. The average molecular weight is 243 g/mol. The normalized spacial score (nSPS) is 13.1. The number of carbonyl (C=O) groups is 2. The van der Waals surface area contributed by atoms with Gasteiger partial charge < -0.3 is 10.4 Å². The van der Waals surface area contributed by atoms with Crippen LogP contribution in [-0.4, -0.2) is 35.0 Å². The number of nitrogens with one attached hydrogen (secondary N) is 1. The molecule has 0 rings (SSSR count). The number of thioether (sulfide) groups is 1. The van der Waals surface area contributed by atoms with E-state index in [0.717, 1.165) is 0 Å². The number of carboxylic acids is 1. The van der Waals surface area contributed by atoms with Crippen LogP contribution in [0.2, 0.25) is 0 Å². The number of amides is 1. The van der Waals surface area contributed by atoms with Gasteiger partial charge in [-0.3, -0.25) is 4.79 Å². The summed E-state index contributed by atoms with van der Waals surface area (Å²) in [5.74, 6) is -0.677. The van der Waals surface area contributed by atoms with Gasteiger partial charge >= 0.3 is 5.97 Å². The molecule has 0 aliphatic rings. The van der Waals surface area contributed by atoms with Crippen molar-refractivity contribution in [1.82, 2.24) is 5.32 Å². The third-order valence-electron chi connectivity index (χ3n) is 1.78. The number of allylic oxidation sites excluding steroid dienone is 3. The third kappa shape index (κ3) is 7.11. The van der Waals surface area contributed by atoms with Gasteiger partial charge in [0.2, 0.25) is 5.91 Å². The molecule has 16 heavy (non-hydrogen) atoms. The van der Waals surface area contributed by atoms with Crippen molar-refractivity contribution < 1.29 is 14.7 Å². The third-order valence-corrected chi connectivity index (χ3v) is 2.42. The fourth-order valence-electron chi connectivity index (χ4n) is 0.967. The van der Waals surface area contributed by atoms with E-state index in [-0.39, 0.29) is 5.91 Å². The lowest BCUT2D eigenvalue weighted by Crippen LogP contribution is -2.40. The minimum Gasteiger partial charge on any atom is -0.480 e. The summed E-state index contributed by atoms with van der Waals surface area (Å²) in [5, 5.41) is 11.3.